The van der Waals surface area contributed by atoms with Crippen LogP contribution >= 0.6 is 0 Å². The Labute approximate surface area is 123 Å². The van der Waals surface area contributed by atoms with Crippen LogP contribution in [0.5, 0.6) is 0 Å². The highest BCUT2D eigenvalue weighted by molar-refractivity contribution is 5.74. The molecule has 2 heterocycles. The molecule has 1 atom stereocenters. The second-order valence-corrected chi connectivity index (χ2v) is 5.72. The fourth-order valence-corrected chi connectivity index (χ4v) is 3.09. The molecule has 0 spiro atoms. The molecule has 0 radical (unpaired) electrons. The van der Waals surface area contributed by atoms with E-state index in [2.05, 4.69) is 22.1 Å². The smallest absolute Gasteiger partial charge is 0.113 e. The Hall–Kier alpha value is -2.20. The highest BCUT2D eigenvalue weighted by Gasteiger charge is 2.18. The van der Waals surface area contributed by atoms with Gasteiger partial charge in [0.05, 0.1) is 16.7 Å². The molecule has 0 saturated carbocycles. The summed E-state index contributed by atoms with van der Waals surface area (Å²) < 4.78 is 0. The van der Waals surface area contributed by atoms with Crippen molar-refractivity contribution in [1.29, 1.82) is 0 Å². The van der Waals surface area contributed by atoms with Gasteiger partial charge in [-0.25, -0.2) is 4.98 Å². The first-order valence-electron chi connectivity index (χ1n) is 7.47. The monoisotopic (exact) mass is 278 g/mol. The molecule has 3 N–H and O–H groups in total. The van der Waals surface area contributed by atoms with E-state index < -0.39 is 0 Å². The number of H-pyrrole nitrogens is 1. The summed E-state index contributed by atoms with van der Waals surface area (Å²) in [6, 6.07) is 12.4. The molecule has 0 bridgehead atoms. The summed E-state index contributed by atoms with van der Waals surface area (Å²) in [6.45, 7) is 0. The van der Waals surface area contributed by atoms with Crippen LogP contribution in [0.1, 0.15) is 41.7 Å². The van der Waals surface area contributed by atoms with E-state index in [1.165, 1.54) is 12.0 Å². The number of pyridine rings is 1. The molecule has 3 aromatic rings. The lowest BCUT2D eigenvalue weighted by molar-refractivity contribution is 0.551. The Bertz CT molecular complexity index is 757. The fourth-order valence-electron chi connectivity index (χ4n) is 3.09. The summed E-state index contributed by atoms with van der Waals surface area (Å²) in [7, 11) is 0. The van der Waals surface area contributed by atoms with E-state index in [0.717, 1.165) is 41.1 Å². The quantitative estimate of drug-likeness (QED) is 0.757. The molecule has 4 nitrogen and oxygen atoms in total. The second-order valence-electron chi connectivity index (χ2n) is 5.72. The van der Waals surface area contributed by atoms with Gasteiger partial charge in [0.1, 0.15) is 5.82 Å². The first kappa shape index (κ1) is 12.5. The third-order valence-corrected chi connectivity index (χ3v) is 4.17. The molecule has 1 aliphatic rings. The summed E-state index contributed by atoms with van der Waals surface area (Å²) in [4.78, 5) is 12.7. The van der Waals surface area contributed by atoms with Gasteiger partial charge < -0.3 is 10.7 Å². The molecular formula is C17H18N4. The molecule has 2 aromatic heterocycles. The van der Waals surface area contributed by atoms with Crippen molar-refractivity contribution in [1.82, 2.24) is 15.0 Å². The molecule has 21 heavy (non-hydrogen) atoms. The van der Waals surface area contributed by atoms with Gasteiger partial charge in [0.15, 0.2) is 0 Å². The van der Waals surface area contributed by atoms with Gasteiger partial charge in [-0.3, -0.25) is 4.98 Å². The molecule has 0 fully saturated rings. The van der Waals surface area contributed by atoms with Crippen LogP contribution in [0.15, 0.2) is 36.4 Å². The topological polar surface area (TPSA) is 67.6 Å². The highest BCUT2D eigenvalue weighted by Crippen LogP contribution is 2.26. The number of nitrogens with two attached hydrogens (primary N) is 1. The number of hydrogen-bond acceptors (Lipinski definition) is 3. The van der Waals surface area contributed by atoms with Crippen molar-refractivity contribution in [3.8, 4) is 0 Å². The number of hydrogen-bond donors (Lipinski definition) is 2. The summed E-state index contributed by atoms with van der Waals surface area (Å²) in [5.74, 6) is 0.952. The van der Waals surface area contributed by atoms with Crippen molar-refractivity contribution in [2.24, 2.45) is 5.73 Å². The molecule has 106 valence electrons. The fraction of sp³-hybridized carbons (Fsp3) is 0.294. The zero-order valence-corrected chi connectivity index (χ0v) is 11.8. The number of aromatic amines is 1. The molecule has 0 aliphatic heterocycles. The van der Waals surface area contributed by atoms with E-state index >= 15 is 0 Å². The van der Waals surface area contributed by atoms with Crippen LogP contribution in [0.2, 0.25) is 0 Å². The van der Waals surface area contributed by atoms with Gasteiger partial charge in [-0.05, 0) is 43.0 Å². The number of rotatable bonds is 2. The average Bonchev–Trinajstić information content (AvgIpc) is 2.90. The molecule has 4 rings (SSSR count). The lowest BCUT2D eigenvalue weighted by atomic mass is 9.92. The van der Waals surface area contributed by atoms with Crippen LogP contribution in [0.25, 0.3) is 11.0 Å². The first-order chi connectivity index (χ1) is 10.3. The molecular weight excluding hydrogens is 260 g/mol. The number of imidazole rings is 1. The largest absolute Gasteiger partial charge is 0.342 e. The van der Waals surface area contributed by atoms with Crippen LogP contribution < -0.4 is 5.73 Å². The minimum Gasteiger partial charge on any atom is -0.342 e. The van der Waals surface area contributed by atoms with Gasteiger partial charge in [0.25, 0.3) is 0 Å². The maximum Gasteiger partial charge on any atom is 0.113 e. The second kappa shape index (κ2) is 4.97. The molecule has 0 amide bonds. The van der Waals surface area contributed by atoms with Gasteiger partial charge >= 0.3 is 0 Å². The Morgan fingerprint density at radius 3 is 2.95 bits per heavy atom. The van der Waals surface area contributed by atoms with Crippen molar-refractivity contribution in [2.75, 3.05) is 0 Å². The first-order valence-corrected chi connectivity index (χ1v) is 7.47. The Balaban J connectivity index is 1.66. The molecule has 1 aromatic carbocycles. The Morgan fingerprint density at radius 2 is 2.05 bits per heavy atom. The van der Waals surface area contributed by atoms with E-state index in [0.29, 0.717) is 6.42 Å². The molecule has 0 saturated heterocycles. The normalized spacial score (nSPS) is 17.9. The average molecular weight is 278 g/mol. The molecule has 1 aliphatic carbocycles. The van der Waals surface area contributed by atoms with E-state index in [1.807, 2.05) is 24.3 Å². The lowest BCUT2D eigenvalue weighted by Crippen LogP contribution is -2.19. The third-order valence-electron chi connectivity index (χ3n) is 4.17. The Morgan fingerprint density at radius 1 is 1.14 bits per heavy atom. The SMILES string of the molecule is N[C@H]1CCCc2ccc(Cc3nc4ccccc4[nH]3)nc21. The highest BCUT2D eigenvalue weighted by atomic mass is 14.9. The van der Waals surface area contributed by atoms with Crippen molar-refractivity contribution >= 4 is 11.0 Å². The predicted octanol–water partition coefficient (Wildman–Crippen LogP) is 2.88. The molecule has 0 unspecified atom stereocenters. The van der Waals surface area contributed by atoms with E-state index in [9.17, 15) is 0 Å². The number of para-hydroxylation sites is 2. The maximum atomic E-state index is 6.18. The van der Waals surface area contributed by atoms with Crippen molar-refractivity contribution < 1.29 is 0 Å². The number of aromatic nitrogens is 3. The third kappa shape index (κ3) is 2.32. The minimum atomic E-state index is 0.0874. The summed E-state index contributed by atoms with van der Waals surface area (Å²) in [5, 5.41) is 0. The Kier molecular flexibility index (Phi) is 2.97. The maximum absolute atomic E-state index is 6.18. The van der Waals surface area contributed by atoms with Crippen LogP contribution in [0.4, 0.5) is 0 Å². The number of nitrogens with one attached hydrogen (secondary N) is 1. The van der Waals surface area contributed by atoms with Crippen molar-refractivity contribution in [3.05, 3.63) is 59.2 Å². The number of aryl methyl sites for hydroxylation is 1. The van der Waals surface area contributed by atoms with Gasteiger partial charge in [-0.1, -0.05) is 18.2 Å². The number of fused-ring (bicyclic) bond motifs is 2. The summed E-state index contributed by atoms with van der Waals surface area (Å²) in [6.07, 6.45) is 4.02. The van der Waals surface area contributed by atoms with Gasteiger partial charge in [0.2, 0.25) is 0 Å². The van der Waals surface area contributed by atoms with Crippen molar-refractivity contribution in [2.45, 2.75) is 31.7 Å². The zero-order chi connectivity index (χ0) is 14.2. The predicted molar refractivity (Wildman–Crippen MR) is 83.0 cm³/mol. The van der Waals surface area contributed by atoms with Crippen LogP contribution in [-0.2, 0) is 12.8 Å². The van der Waals surface area contributed by atoms with Gasteiger partial charge in [0, 0.05) is 18.2 Å². The van der Waals surface area contributed by atoms with Gasteiger partial charge in [-0.2, -0.15) is 0 Å². The standard InChI is InChI=1S/C17H18N4/c18-13-5-3-4-11-8-9-12(19-17(11)13)10-16-20-14-6-1-2-7-15(14)21-16/h1-2,6-9,13H,3-5,10,18H2,(H,20,21)/t13-/m0/s1. The van der Waals surface area contributed by atoms with E-state index in [-0.39, 0.29) is 6.04 Å². The lowest BCUT2D eigenvalue weighted by Gasteiger charge is -2.21. The minimum absolute atomic E-state index is 0.0874. The van der Waals surface area contributed by atoms with Crippen molar-refractivity contribution in [3.63, 3.8) is 0 Å². The van der Waals surface area contributed by atoms with Gasteiger partial charge in [-0.15, -0.1) is 0 Å². The number of nitrogens with zero attached hydrogens (tertiary/aromatic N) is 2. The summed E-state index contributed by atoms with van der Waals surface area (Å²) in [5.41, 5.74) is 11.7. The molecule has 4 heteroatoms. The van der Waals surface area contributed by atoms with Crippen LogP contribution in [-0.4, -0.2) is 15.0 Å². The van der Waals surface area contributed by atoms with Crippen LogP contribution in [0, 0.1) is 0 Å². The van der Waals surface area contributed by atoms with E-state index in [4.69, 9.17) is 10.7 Å². The van der Waals surface area contributed by atoms with E-state index in [1.54, 1.807) is 0 Å². The number of benzene rings is 1. The van der Waals surface area contributed by atoms with Crippen LogP contribution in [0.3, 0.4) is 0 Å². The summed E-state index contributed by atoms with van der Waals surface area (Å²) >= 11 is 0. The zero-order valence-electron chi connectivity index (χ0n) is 11.8.